The second kappa shape index (κ2) is 16.7. The summed E-state index contributed by atoms with van der Waals surface area (Å²) in [6.45, 7) is 8.52. The maximum Gasteiger partial charge on any atom is 0.270 e. The number of aromatic nitrogens is 3. The highest BCUT2D eigenvalue weighted by molar-refractivity contribution is 7.90. The second-order valence-corrected chi connectivity index (χ2v) is 19.4. The predicted molar refractivity (Wildman–Crippen MR) is 236 cm³/mol. The molecule has 1 aliphatic carbocycles. The standard InChI is InChI=1S/C46H55N9O5S/c1-29(2)35-6-3-4-7-36(35)40-8-5-17-55(40)32-24-46(25-32)13-18-54(19-14-46)42-23-41(60-33-21-31-12-16-49-44(31)52-27-33)37(28-51-42)45(57)53-61(58,59)34-9-10-39(38(47)22-34)50-26-30-11-15-48-43(56)20-30/h3-4,6-7,9-10,12,16,21-23,27-30,32,40,50H,5,8,11,13-15,17-20,24-26,47H2,1-2H3,(H,48,56)(H,49,52)(H,53,57)/t30?,40-/m0/s1. The molecule has 1 spiro atoms. The highest BCUT2D eigenvalue weighted by Gasteiger charge is 2.50. The van der Waals surface area contributed by atoms with Crippen molar-refractivity contribution in [1.29, 1.82) is 0 Å². The molecule has 1 saturated carbocycles. The number of pyridine rings is 2. The fourth-order valence-electron chi connectivity index (χ4n) is 10.0. The van der Waals surface area contributed by atoms with Crippen molar-refractivity contribution >= 4 is 50.1 Å². The number of amides is 2. The minimum Gasteiger partial charge on any atom is -0.455 e. The average molecular weight is 846 g/mol. The van der Waals surface area contributed by atoms with E-state index < -0.39 is 15.9 Å². The molecule has 4 fully saturated rings. The topological polar surface area (TPSA) is 188 Å². The molecule has 320 valence electrons. The van der Waals surface area contributed by atoms with Gasteiger partial charge in [0.05, 0.1) is 22.5 Å². The van der Waals surface area contributed by atoms with Crippen molar-refractivity contribution in [2.45, 2.75) is 88.1 Å². The molecule has 15 heteroatoms. The fourth-order valence-corrected chi connectivity index (χ4v) is 11.0. The van der Waals surface area contributed by atoms with Crippen LogP contribution in [0.25, 0.3) is 11.0 Å². The summed E-state index contributed by atoms with van der Waals surface area (Å²) in [5, 5.41) is 6.88. The van der Waals surface area contributed by atoms with Gasteiger partial charge in [0, 0.05) is 68.5 Å². The molecule has 0 bridgehead atoms. The second-order valence-electron chi connectivity index (χ2n) is 17.7. The summed E-state index contributed by atoms with van der Waals surface area (Å²) in [5.41, 5.74) is 10.9. The molecule has 2 aromatic carbocycles. The smallest absolute Gasteiger partial charge is 0.270 e. The van der Waals surface area contributed by atoms with Crippen LogP contribution in [0.1, 0.15) is 98.7 Å². The van der Waals surface area contributed by atoms with Crippen LogP contribution in [-0.4, -0.2) is 78.8 Å². The number of nitrogens with two attached hydrogens (primary N) is 1. The van der Waals surface area contributed by atoms with Gasteiger partial charge in [-0.15, -0.1) is 0 Å². The number of carbonyl (C=O) groups is 2. The first-order chi connectivity index (χ1) is 29.4. The number of H-pyrrole nitrogens is 1. The Labute approximate surface area is 357 Å². The van der Waals surface area contributed by atoms with Crippen molar-refractivity contribution in [3.63, 3.8) is 0 Å². The molecule has 3 saturated heterocycles. The Morgan fingerprint density at radius 2 is 1.84 bits per heavy atom. The first kappa shape index (κ1) is 40.7. The molecule has 14 nitrogen and oxygen atoms in total. The number of nitrogens with zero attached hydrogens (tertiary/aromatic N) is 4. The van der Waals surface area contributed by atoms with Gasteiger partial charge in [-0.1, -0.05) is 38.1 Å². The van der Waals surface area contributed by atoms with E-state index in [4.69, 9.17) is 15.5 Å². The lowest BCUT2D eigenvalue weighted by Crippen LogP contribution is -2.55. The number of hydrogen-bond donors (Lipinski definition) is 5. The number of fused-ring (bicyclic) bond motifs is 1. The zero-order chi connectivity index (χ0) is 42.3. The quantitative estimate of drug-likeness (QED) is 0.0807. The van der Waals surface area contributed by atoms with E-state index in [1.807, 2.05) is 12.1 Å². The first-order valence-corrected chi connectivity index (χ1v) is 23.1. The molecule has 3 aliphatic heterocycles. The molecule has 61 heavy (non-hydrogen) atoms. The minimum absolute atomic E-state index is 0.0113. The lowest BCUT2D eigenvalue weighted by Gasteiger charge is -2.56. The van der Waals surface area contributed by atoms with Gasteiger partial charge in [-0.3, -0.25) is 14.5 Å². The molecule has 9 rings (SSSR count). The van der Waals surface area contributed by atoms with Crippen LogP contribution in [0.3, 0.4) is 0 Å². The van der Waals surface area contributed by atoms with Crippen molar-refractivity contribution in [2.24, 2.45) is 11.3 Å². The number of nitrogen functional groups attached to an aromatic ring is 1. The number of nitrogens with one attached hydrogen (secondary N) is 4. The number of piperidine rings is 2. The molecule has 6 N–H and O–H groups in total. The van der Waals surface area contributed by atoms with Crippen LogP contribution in [-0.2, 0) is 14.8 Å². The van der Waals surface area contributed by atoms with Gasteiger partial charge in [0.1, 0.15) is 28.5 Å². The Morgan fingerprint density at radius 3 is 2.62 bits per heavy atom. The largest absolute Gasteiger partial charge is 0.455 e. The third-order valence-electron chi connectivity index (χ3n) is 13.4. The normalized spacial score (nSPS) is 20.8. The molecule has 6 heterocycles. The molecule has 5 aromatic rings. The van der Waals surface area contributed by atoms with E-state index in [-0.39, 0.29) is 33.7 Å². The van der Waals surface area contributed by atoms with Gasteiger partial charge in [0.2, 0.25) is 5.91 Å². The SMILES string of the molecule is CC(C)c1ccccc1[C@@H]1CCCN1C1CC2(CCN(c3cc(Oc4cnc5[nH]ccc5c4)c(C(=O)NS(=O)(=O)c4ccc(NCC5CCNC(=O)C5)c(N)c4)cn3)CC2)C1. The van der Waals surface area contributed by atoms with E-state index in [0.29, 0.717) is 65.8 Å². The summed E-state index contributed by atoms with van der Waals surface area (Å²) in [5.74, 6) is 0.971. The van der Waals surface area contributed by atoms with Crippen LogP contribution in [0.15, 0.2) is 84.1 Å². The van der Waals surface area contributed by atoms with Gasteiger partial charge in [-0.25, -0.2) is 23.1 Å². The van der Waals surface area contributed by atoms with Gasteiger partial charge >= 0.3 is 0 Å². The number of ether oxygens (including phenoxy) is 1. The third-order valence-corrected chi connectivity index (χ3v) is 14.7. The zero-order valence-electron chi connectivity index (χ0n) is 34.8. The Hall–Kier alpha value is -5.67. The number of hydrogen-bond acceptors (Lipinski definition) is 11. The number of benzene rings is 2. The highest BCUT2D eigenvalue weighted by atomic mass is 32.2. The Kier molecular flexibility index (Phi) is 11.1. The monoisotopic (exact) mass is 845 g/mol. The summed E-state index contributed by atoms with van der Waals surface area (Å²) in [6.07, 6.45) is 12.9. The summed E-state index contributed by atoms with van der Waals surface area (Å²) >= 11 is 0. The van der Waals surface area contributed by atoms with E-state index in [0.717, 1.165) is 44.3 Å². The van der Waals surface area contributed by atoms with Gasteiger partial charge in [0.15, 0.2) is 0 Å². The summed E-state index contributed by atoms with van der Waals surface area (Å²) < 4.78 is 35.8. The Morgan fingerprint density at radius 1 is 1.02 bits per heavy atom. The van der Waals surface area contributed by atoms with Gasteiger partial charge in [-0.05, 0) is 110 Å². The zero-order valence-corrected chi connectivity index (χ0v) is 35.6. The molecule has 2 amide bonds. The molecule has 4 aliphatic rings. The number of aromatic amines is 1. The fraction of sp³-hybridized carbons (Fsp3) is 0.435. The van der Waals surface area contributed by atoms with Crippen molar-refractivity contribution in [1.82, 2.24) is 29.9 Å². The van der Waals surface area contributed by atoms with Crippen LogP contribution in [0, 0.1) is 11.3 Å². The van der Waals surface area contributed by atoms with Gasteiger partial charge in [-0.2, -0.15) is 0 Å². The van der Waals surface area contributed by atoms with Crippen LogP contribution in [0.4, 0.5) is 17.2 Å². The van der Waals surface area contributed by atoms with Crippen molar-refractivity contribution in [3.05, 3.63) is 95.9 Å². The first-order valence-electron chi connectivity index (χ1n) is 21.6. The lowest BCUT2D eigenvalue weighted by molar-refractivity contribution is -0.123. The summed E-state index contributed by atoms with van der Waals surface area (Å²) in [6, 6.07) is 19.8. The highest BCUT2D eigenvalue weighted by Crippen LogP contribution is 2.54. The predicted octanol–water partition coefficient (Wildman–Crippen LogP) is 7.10. The van der Waals surface area contributed by atoms with Crippen LogP contribution in [0.2, 0.25) is 0 Å². The van der Waals surface area contributed by atoms with Gasteiger partial charge in [0.25, 0.3) is 15.9 Å². The Bertz CT molecular complexity index is 2540. The number of rotatable bonds is 12. The maximum atomic E-state index is 13.9. The number of likely N-dealkylation sites (tertiary alicyclic amines) is 1. The van der Waals surface area contributed by atoms with E-state index in [9.17, 15) is 18.0 Å². The van der Waals surface area contributed by atoms with E-state index in [1.165, 1.54) is 55.1 Å². The minimum atomic E-state index is -4.35. The lowest BCUT2D eigenvalue weighted by atomic mass is 9.60. The van der Waals surface area contributed by atoms with Crippen LogP contribution < -0.4 is 30.7 Å². The molecule has 0 radical (unpaired) electrons. The molecule has 3 aromatic heterocycles. The number of sulfonamides is 1. The van der Waals surface area contributed by atoms with Crippen molar-refractivity contribution in [2.75, 3.05) is 48.7 Å². The average Bonchev–Trinajstić information content (AvgIpc) is 3.92. The van der Waals surface area contributed by atoms with Crippen LogP contribution >= 0.6 is 0 Å². The summed E-state index contributed by atoms with van der Waals surface area (Å²) in [4.78, 5) is 42.7. The molecular formula is C46H55N9O5S. The van der Waals surface area contributed by atoms with Crippen molar-refractivity contribution in [3.8, 4) is 11.5 Å². The maximum absolute atomic E-state index is 13.9. The molecule has 1 unspecified atom stereocenters. The van der Waals surface area contributed by atoms with Crippen molar-refractivity contribution < 1.29 is 22.7 Å². The molecular weight excluding hydrogens is 791 g/mol. The summed E-state index contributed by atoms with van der Waals surface area (Å²) in [7, 11) is -4.35. The van der Waals surface area contributed by atoms with E-state index in [1.54, 1.807) is 24.5 Å². The number of anilines is 3. The van der Waals surface area contributed by atoms with E-state index in [2.05, 4.69) is 73.2 Å². The molecule has 2 atom stereocenters. The third kappa shape index (κ3) is 8.50. The van der Waals surface area contributed by atoms with Gasteiger partial charge < -0.3 is 31.0 Å². The van der Waals surface area contributed by atoms with Crippen LogP contribution in [0.5, 0.6) is 11.5 Å². The van der Waals surface area contributed by atoms with E-state index >= 15 is 0 Å². The number of carbonyl (C=O) groups excluding carboxylic acids is 2. The Balaban J connectivity index is 0.886.